The van der Waals surface area contributed by atoms with Crippen LogP contribution < -0.4 is 0 Å². The average molecular weight is 503 g/mol. The zero-order valence-electron chi connectivity index (χ0n) is 21.1. The molecule has 3 saturated heterocycles. The third kappa shape index (κ3) is 4.38. The minimum absolute atomic E-state index is 0.0982. The second kappa shape index (κ2) is 10.6. The molecule has 1 spiro atoms. The number of carbonyl (C=O) groups is 3. The molecule has 0 aromatic carbocycles. The van der Waals surface area contributed by atoms with Gasteiger partial charge in [-0.15, -0.1) is 0 Å². The lowest BCUT2D eigenvalue weighted by Gasteiger charge is -2.36. The maximum absolute atomic E-state index is 14.1. The lowest BCUT2D eigenvalue weighted by atomic mass is 9.77. The summed E-state index contributed by atoms with van der Waals surface area (Å²) < 4.78 is 12.0. The summed E-state index contributed by atoms with van der Waals surface area (Å²) in [7, 11) is 1.74. The van der Waals surface area contributed by atoms with Crippen LogP contribution in [0.25, 0.3) is 0 Å². The smallest absolute Gasteiger partial charge is 0.249 e. The fraction of sp³-hybridized carbons (Fsp3) is 0.731. The molecule has 0 radical (unpaired) electrons. The van der Waals surface area contributed by atoms with Gasteiger partial charge < -0.3 is 29.3 Å². The highest BCUT2D eigenvalue weighted by molar-refractivity contribution is 5.99. The summed E-state index contributed by atoms with van der Waals surface area (Å²) in [5.41, 5.74) is -1.16. The maximum Gasteiger partial charge on any atom is 0.249 e. The number of aliphatic hydroxyl groups excluding tert-OH is 1. The number of morpholine rings is 1. The van der Waals surface area contributed by atoms with Crippen molar-refractivity contribution in [2.24, 2.45) is 11.8 Å². The van der Waals surface area contributed by atoms with Gasteiger partial charge in [0.25, 0.3) is 0 Å². The van der Waals surface area contributed by atoms with Crippen LogP contribution in [-0.2, 0) is 23.9 Å². The Hall–Kier alpha value is -2.27. The molecular formula is C26H38N4O6. The van der Waals surface area contributed by atoms with Crippen LogP contribution in [0.15, 0.2) is 24.3 Å². The van der Waals surface area contributed by atoms with Crippen molar-refractivity contribution in [3.8, 4) is 0 Å². The monoisotopic (exact) mass is 502 g/mol. The first-order valence-electron chi connectivity index (χ1n) is 13.3. The molecular weight excluding hydrogens is 464 g/mol. The second-order valence-electron chi connectivity index (χ2n) is 10.4. The highest BCUT2D eigenvalue weighted by Gasteiger charge is 2.71. The number of rotatable bonds is 8. The summed E-state index contributed by atoms with van der Waals surface area (Å²) >= 11 is 0. The molecule has 0 aromatic heterocycles. The van der Waals surface area contributed by atoms with E-state index in [9.17, 15) is 19.5 Å². The van der Waals surface area contributed by atoms with E-state index in [1.807, 2.05) is 29.2 Å². The van der Waals surface area contributed by atoms with Gasteiger partial charge in [0.2, 0.25) is 17.7 Å². The molecule has 5 rings (SSSR count). The van der Waals surface area contributed by atoms with E-state index >= 15 is 0 Å². The Bertz CT molecular complexity index is 918. The summed E-state index contributed by atoms with van der Waals surface area (Å²) in [6.45, 7) is 5.81. The number of carbonyl (C=O) groups excluding carboxylic acids is 3. The molecule has 1 N–H and O–H groups in total. The van der Waals surface area contributed by atoms with Crippen molar-refractivity contribution in [1.29, 1.82) is 0 Å². The topological polar surface area (TPSA) is 103 Å². The van der Waals surface area contributed by atoms with E-state index in [1.165, 1.54) is 0 Å². The van der Waals surface area contributed by atoms with E-state index in [-0.39, 0.29) is 24.3 Å². The number of aliphatic hydroxyl groups is 1. The van der Waals surface area contributed by atoms with Gasteiger partial charge in [0.05, 0.1) is 31.2 Å². The fourth-order valence-corrected chi connectivity index (χ4v) is 6.41. The molecule has 5 heterocycles. The van der Waals surface area contributed by atoms with Gasteiger partial charge >= 0.3 is 0 Å². The number of hydrogen-bond acceptors (Lipinski definition) is 7. The van der Waals surface area contributed by atoms with Gasteiger partial charge in [0.15, 0.2) is 0 Å². The normalized spacial score (nSPS) is 34.6. The number of ether oxygens (including phenoxy) is 2. The van der Waals surface area contributed by atoms with E-state index in [0.29, 0.717) is 52.2 Å². The molecule has 3 fully saturated rings. The van der Waals surface area contributed by atoms with Gasteiger partial charge in [0, 0.05) is 59.5 Å². The first kappa shape index (κ1) is 25.4. The predicted molar refractivity (Wildman–Crippen MR) is 131 cm³/mol. The molecule has 5 aliphatic rings. The highest BCUT2D eigenvalue weighted by Crippen LogP contribution is 2.53. The van der Waals surface area contributed by atoms with Gasteiger partial charge in [-0.05, 0) is 19.3 Å². The van der Waals surface area contributed by atoms with Crippen molar-refractivity contribution >= 4 is 17.7 Å². The number of likely N-dealkylation sites (tertiary alicyclic amines) is 1. The molecule has 3 amide bonds. The fourth-order valence-electron chi connectivity index (χ4n) is 6.41. The zero-order chi connectivity index (χ0) is 25.3. The van der Waals surface area contributed by atoms with Gasteiger partial charge in [-0.2, -0.15) is 0 Å². The Kier molecular flexibility index (Phi) is 7.48. The molecule has 198 valence electrons. The van der Waals surface area contributed by atoms with Crippen LogP contribution in [-0.4, -0.2) is 133 Å². The Morgan fingerprint density at radius 2 is 1.78 bits per heavy atom. The van der Waals surface area contributed by atoms with E-state index in [2.05, 4.69) is 4.90 Å². The van der Waals surface area contributed by atoms with Gasteiger partial charge in [-0.25, -0.2) is 0 Å². The largest absolute Gasteiger partial charge is 0.396 e. The first-order valence-corrected chi connectivity index (χ1v) is 13.3. The van der Waals surface area contributed by atoms with Crippen LogP contribution in [0.5, 0.6) is 0 Å². The Balaban J connectivity index is 1.44. The van der Waals surface area contributed by atoms with Crippen LogP contribution in [0.4, 0.5) is 0 Å². The van der Waals surface area contributed by atoms with Crippen molar-refractivity contribution in [2.45, 2.75) is 37.0 Å². The summed E-state index contributed by atoms with van der Waals surface area (Å²) in [4.78, 5) is 48.9. The van der Waals surface area contributed by atoms with Gasteiger partial charge in [0.1, 0.15) is 11.6 Å². The van der Waals surface area contributed by atoms with Crippen LogP contribution in [0.1, 0.15) is 19.3 Å². The molecule has 10 nitrogen and oxygen atoms in total. The van der Waals surface area contributed by atoms with Gasteiger partial charge in [-0.3, -0.25) is 19.3 Å². The molecule has 0 bridgehead atoms. The molecule has 5 atom stereocenters. The van der Waals surface area contributed by atoms with Crippen LogP contribution in [0.3, 0.4) is 0 Å². The molecule has 0 aromatic rings. The zero-order valence-corrected chi connectivity index (χ0v) is 21.1. The van der Waals surface area contributed by atoms with Crippen LogP contribution >= 0.6 is 0 Å². The van der Waals surface area contributed by atoms with E-state index in [0.717, 1.165) is 26.1 Å². The van der Waals surface area contributed by atoms with Crippen LogP contribution in [0, 0.1) is 11.8 Å². The second-order valence-corrected chi connectivity index (χ2v) is 10.4. The Morgan fingerprint density at radius 1 is 0.972 bits per heavy atom. The standard InChI is InChI=1S/C26H38N4O6/c1-27-9-5-7-19-20(23(27)32)21-24(33)30(11-3-2-4-16-31)22-25(34)29(10-6-8-26(21,22)36-19)13-12-28-14-17-35-18-15-28/h5-8,19-22,31H,2-4,9-18H2,1H3/t19-,20+,21+,22?,26+/m1/s1. The molecule has 5 aliphatic heterocycles. The predicted octanol–water partition coefficient (Wildman–Crippen LogP) is -0.511. The number of amides is 3. The minimum Gasteiger partial charge on any atom is -0.396 e. The summed E-state index contributed by atoms with van der Waals surface area (Å²) in [5.74, 6) is -1.80. The number of hydrogen-bond donors (Lipinski definition) is 1. The molecule has 0 aliphatic carbocycles. The van der Waals surface area contributed by atoms with E-state index in [4.69, 9.17) is 9.47 Å². The molecule has 36 heavy (non-hydrogen) atoms. The minimum atomic E-state index is -1.16. The number of nitrogens with zero attached hydrogens (tertiary/aromatic N) is 4. The lowest BCUT2D eigenvalue weighted by molar-refractivity contribution is -0.148. The van der Waals surface area contributed by atoms with Crippen molar-refractivity contribution < 1.29 is 29.0 Å². The first-order chi connectivity index (χ1) is 17.5. The van der Waals surface area contributed by atoms with Crippen molar-refractivity contribution in [3.63, 3.8) is 0 Å². The SMILES string of the molecule is CN1CC=C[C@H]2O[C@]34C=CCN(CCN5CCOCC5)C(=O)C3N(CCCCCO)C(=O)[C@@H]4[C@H]2C1=O. The molecule has 0 saturated carbocycles. The van der Waals surface area contributed by atoms with Crippen molar-refractivity contribution in [1.82, 2.24) is 19.6 Å². The quantitative estimate of drug-likeness (QED) is 0.352. The van der Waals surface area contributed by atoms with Crippen molar-refractivity contribution in [3.05, 3.63) is 24.3 Å². The Morgan fingerprint density at radius 3 is 2.56 bits per heavy atom. The third-order valence-corrected chi connectivity index (χ3v) is 8.29. The third-order valence-electron chi connectivity index (χ3n) is 8.29. The van der Waals surface area contributed by atoms with Gasteiger partial charge in [-0.1, -0.05) is 24.3 Å². The lowest BCUT2D eigenvalue weighted by Crippen LogP contribution is -2.56. The van der Waals surface area contributed by atoms with E-state index in [1.54, 1.807) is 16.8 Å². The van der Waals surface area contributed by atoms with Crippen molar-refractivity contribution in [2.75, 3.05) is 72.7 Å². The number of likely N-dealkylation sites (N-methyl/N-ethyl adjacent to an activating group) is 1. The number of unbranched alkanes of at least 4 members (excludes halogenated alkanes) is 2. The van der Waals surface area contributed by atoms with E-state index < -0.39 is 29.6 Å². The summed E-state index contributed by atoms with van der Waals surface area (Å²) in [6, 6.07) is -0.800. The number of fused-ring (bicyclic) bond motifs is 2. The average Bonchev–Trinajstić information content (AvgIpc) is 3.20. The summed E-state index contributed by atoms with van der Waals surface area (Å²) in [5, 5.41) is 9.19. The summed E-state index contributed by atoms with van der Waals surface area (Å²) in [6.07, 6.45) is 9.18. The van der Waals surface area contributed by atoms with Crippen LogP contribution in [0.2, 0.25) is 0 Å². The molecule has 10 heteroatoms. The maximum atomic E-state index is 14.1. The highest BCUT2D eigenvalue weighted by atomic mass is 16.5. The molecule has 1 unspecified atom stereocenters. The Labute approximate surface area is 212 Å².